The summed E-state index contributed by atoms with van der Waals surface area (Å²) >= 11 is 17.5. The highest BCUT2D eigenvalue weighted by molar-refractivity contribution is 6.45. The van der Waals surface area contributed by atoms with Gasteiger partial charge in [-0.15, -0.1) is 23.2 Å². The van der Waals surface area contributed by atoms with E-state index in [-0.39, 0.29) is 0 Å². The summed E-state index contributed by atoms with van der Waals surface area (Å²) in [6, 6.07) is 14.8. The normalized spacial score (nSPS) is 11.8. The Morgan fingerprint density at radius 1 is 0.783 bits per heavy atom. The maximum absolute atomic E-state index is 12.2. The molecule has 0 spiro atoms. The van der Waals surface area contributed by atoms with Gasteiger partial charge in [-0.2, -0.15) is 0 Å². The van der Waals surface area contributed by atoms with Crippen LogP contribution in [0.5, 0.6) is 0 Å². The third-order valence-corrected chi connectivity index (χ3v) is 3.72. The van der Waals surface area contributed by atoms with E-state index >= 15 is 0 Å². The van der Waals surface area contributed by atoms with E-state index in [0.717, 1.165) is 0 Å². The Hall–Kier alpha value is -1.75. The molecule has 0 saturated carbocycles. The average Bonchev–Trinajstić information content (AvgIpc) is 2.55. The highest BCUT2D eigenvalue weighted by atomic mass is 35.5. The smallest absolute Gasteiger partial charge is 0.252 e. The van der Waals surface area contributed by atoms with Crippen LogP contribution in [0.4, 0.5) is 0 Å². The van der Waals surface area contributed by atoms with Crippen LogP contribution in [0.15, 0.2) is 54.6 Å². The van der Waals surface area contributed by atoms with Crippen LogP contribution in [-0.2, 0) is 0 Å². The van der Waals surface area contributed by atoms with Gasteiger partial charge in [0.05, 0.1) is 0 Å². The molecule has 2 aromatic carbocycles. The Balaban J connectivity index is 2.05. The van der Waals surface area contributed by atoms with E-state index in [0.29, 0.717) is 16.1 Å². The average molecular weight is 372 g/mol. The van der Waals surface area contributed by atoms with Crippen molar-refractivity contribution in [2.75, 3.05) is 0 Å². The first-order valence-electron chi connectivity index (χ1n) is 6.68. The van der Waals surface area contributed by atoms with Gasteiger partial charge in [0, 0.05) is 16.1 Å². The summed E-state index contributed by atoms with van der Waals surface area (Å²) in [5.41, 5.74) is 0.814. The second-order valence-corrected chi connectivity index (χ2v) is 6.23. The number of nitrogens with one attached hydrogen (secondary N) is 2. The Morgan fingerprint density at radius 2 is 1.26 bits per heavy atom. The van der Waals surface area contributed by atoms with Gasteiger partial charge in [0.1, 0.15) is 11.0 Å². The number of benzene rings is 2. The molecular weight excluding hydrogens is 359 g/mol. The number of hydrogen-bond acceptors (Lipinski definition) is 2. The molecule has 0 radical (unpaired) electrons. The minimum absolute atomic E-state index is 0.377. The van der Waals surface area contributed by atoms with Gasteiger partial charge < -0.3 is 10.6 Å². The maximum atomic E-state index is 12.2. The number of carbonyl (C=O) groups is 2. The number of carbonyl (C=O) groups excluding carboxylic acids is 2. The fraction of sp³-hybridized carbons (Fsp3) is 0.125. The van der Waals surface area contributed by atoms with Crippen molar-refractivity contribution in [1.82, 2.24) is 10.6 Å². The number of hydrogen-bond donors (Lipinski definition) is 2. The molecular formula is C16H13Cl3N2O2. The molecule has 23 heavy (non-hydrogen) atoms. The minimum atomic E-state index is -1.01. The van der Waals surface area contributed by atoms with Crippen molar-refractivity contribution in [2.24, 2.45) is 0 Å². The van der Waals surface area contributed by atoms with Gasteiger partial charge in [-0.3, -0.25) is 9.59 Å². The second-order valence-electron chi connectivity index (χ2n) is 4.63. The monoisotopic (exact) mass is 370 g/mol. The summed E-state index contributed by atoms with van der Waals surface area (Å²) < 4.78 is 0. The summed E-state index contributed by atoms with van der Waals surface area (Å²) in [5, 5.41) is 5.68. The molecule has 0 saturated heterocycles. The lowest BCUT2D eigenvalue weighted by Crippen LogP contribution is -2.51. The van der Waals surface area contributed by atoms with E-state index in [4.69, 9.17) is 34.8 Å². The van der Waals surface area contributed by atoms with Crippen molar-refractivity contribution in [3.63, 3.8) is 0 Å². The van der Waals surface area contributed by atoms with Gasteiger partial charge in [0.15, 0.2) is 0 Å². The molecule has 0 aromatic heterocycles. The quantitative estimate of drug-likeness (QED) is 0.623. The van der Waals surface area contributed by atoms with E-state index in [1.54, 1.807) is 54.6 Å². The van der Waals surface area contributed by atoms with Gasteiger partial charge in [-0.25, -0.2) is 0 Å². The number of halogens is 3. The second kappa shape index (κ2) is 8.20. The Kier molecular flexibility index (Phi) is 6.28. The van der Waals surface area contributed by atoms with Crippen molar-refractivity contribution < 1.29 is 9.59 Å². The molecule has 1 atom stereocenters. The van der Waals surface area contributed by atoms with Crippen LogP contribution in [-0.4, -0.2) is 22.8 Å². The highest BCUT2D eigenvalue weighted by Gasteiger charge is 2.22. The molecule has 0 aliphatic rings. The van der Waals surface area contributed by atoms with E-state index in [9.17, 15) is 9.59 Å². The van der Waals surface area contributed by atoms with Crippen LogP contribution >= 0.6 is 34.8 Å². The number of alkyl halides is 2. The molecule has 4 nitrogen and oxygen atoms in total. The highest BCUT2D eigenvalue weighted by Crippen LogP contribution is 2.12. The third-order valence-electron chi connectivity index (χ3n) is 2.97. The van der Waals surface area contributed by atoms with E-state index in [1.165, 1.54) is 0 Å². The van der Waals surface area contributed by atoms with Crippen molar-refractivity contribution in [2.45, 2.75) is 11.0 Å². The topological polar surface area (TPSA) is 58.2 Å². The van der Waals surface area contributed by atoms with Crippen LogP contribution < -0.4 is 10.6 Å². The largest absolute Gasteiger partial charge is 0.329 e. The van der Waals surface area contributed by atoms with Gasteiger partial charge in [-0.1, -0.05) is 29.8 Å². The van der Waals surface area contributed by atoms with Crippen molar-refractivity contribution in [3.8, 4) is 0 Å². The predicted molar refractivity (Wildman–Crippen MR) is 92.1 cm³/mol. The summed E-state index contributed by atoms with van der Waals surface area (Å²) in [6.45, 7) is 0. The Morgan fingerprint density at radius 3 is 1.74 bits per heavy atom. The van der Waals surface area contributed by atoms with E-state index < -0.39 is 22.8 Å². The van der Waals surface area contributed by atoms with Crippen LogP contribution in [0.2, 0.25) is 5.02 Å². The molecule has 7 heteroatoms. The summed E-state index contributed by atoms with van der Waals surface area (Å²) in [7, 11) is 0. The van der Waals surface area contributed by atoms with Gasteiger partial charge in [0.2, 0.25) is 0 Å². The van der Waals surface area contributed by atoms with Crippen molar-refractivity contribution in [1.29, 1.82) is 0 Å². The van der Waals surface area contributed by atoms with E-state index in [2.05, 4.69) is 10.6 Å². The molecule has 2 rings (SSSR count). The SMILES string of the molecule is O=C(N[C@@H](NC(=O)c1ccc(Cl)cc1)C(Cl)Cl)c1ccccc1. The summed E-state index contributed by atoms with van der Waals surface area (Å²) in [5.74, 6) is -0.815. The Labute approximate surface area is 148 Å². The first-order chi connectivity index (χ1) is 11.0. The lowest BCUT2D eigenvalue weighted by Gasteiger charge is -2.21. The van der Waals surface area contributed by atoms with E-state index in [1.807, 2.05) is 0 Å². The van der Waals surface area contributed by atoms with Crippen molar-refractivity contribution in [3.05, 3.63) is 70.7 Å². The van der Waals surface area contributed by atoms with Crippen LogP contribution in [0.3, 0.4) is 0 Å². The molecule has 0 unspecified atom stereocenters. The molecule has 0 fully saturated rings. The van der Waals surface area contributed by atoms with Crippen LogP contribution in [0.25, 0.3) is 0 Å². The zero-order valence-corrected chi connectivity index (χ0v) is 14.1. The maximum Gasteiger partial charge on any atom is 0.252 e. The van der Waals surface area contributed by atoms with Gasteiger partial charge in [-0.05, 0) is 36.4 Å². The van der Waals surface area contributed by atoms with Crippen LogP contribution in [0.1, 0.15) is 20.7 Å². The number of rotatable bonds is 5. The molecule has 2 amide bonds. The van der Waals surface area contributed by atoms with Gasteiger partial charge in [0.25, 0.3) is 11.8 Å². The molecule has 2 aromatic rings. The third kappa shape index (κ3) is 5.13. The molecule has 0 heterocycles. The van der Waals surface area contributed by atoms with Crippen LogP contribution in [0, 0.1) is 0 Å². The van der Waals surface area contributed by atoms with Gasteiger partial charge >= 0.3 is 0 Å². The fourth-order valence-corrected chi connectivity index (χ4v) is 2.18. The first kappa shape index (κ1) is 17.6. The Bertz CT molecular complexity index is 675. The standard InChI is InChI=1S/C16H13Cl3N2O2/c17-12-8-6-11(7-9-12)16(23)21-14(13(18)19)20-15(22)10-4-2-1-3-5-10/h1-9,13-14H,(H,20,22)(H,21,23)/t14-/m0/s1. The first-order valence-corrected chi connectivity index (χ1v) is 7.93. The van der Waals surface area contributed by atoms with Crippen molar-refractivity contribution >= 4 is 46.6 Å². The molecule has 0 bridgehead atoms. The predicted octanol–water partition coefficient (Wildman–Crippen LogP) is 3.63. The lowest BCUT2D eigenvalue weighted by molar-refractivity contribution is 0.0888. The minimum Gasteiger partial charge on any atom is -0.329 e. The zero-order chi connectivity index (χ0) is 16.8. The molecule has 0 aliphatic carbocycles. The lowest BCUT2D eigenvalue weighted by atomic mass is 10.2. The summed E-state index contributed by atoms with van der Waals surface area (Å²) in [6.07, 6.45) is -0.936. The zero-order valence-electron chi connectivity index (χ0n) is 11.8. The fourth-order valence-electron chi connectivity index (χ4n) is 1.80. The summed E-state index contributed by atoms with van der Waals surface area (Å²) in [4.78, 5) is 23.3. The molecule has 120 valence electrons. The molecule has 2 N–H and O–H groups in total. The molecule has 0 aliphatic heterocycles. The number of amides is 2.